The van der Waals surface area contributed by atoms with E-state index >= 15 is 0 Å². The van der Waals surface area contributed by atoms with Gasteiger partial charge in [-0.15, -0.1) is 24.0 Å². The zero-order valence-electron chi connectivity index (χ0n) is 11.6. The number of guanidine groups is 1. The lowest BCUT2D eigenvalue weighted by Crippen LogP contribution is -2.38. The second-order valence-electron chi connectivity index (χ2n) is 4.06. The van der Waals surface area contributed by atoms with Crippen molar-refractivity contribution in [2.45, 2.75) is 26.7 Å². The van der Waals surface area contributed by atoms with E-state index in [0.717, 1.165) is 44.0 Å². The summed E-state index contributed by atoms with van der Waals surface area (Å²) in [5.74, 6) is 0.658. The molecule has 0 saturated carbocycles. The fourth-order valence-electron chi connectivity index (χ4n) is 1.54. The Morgan fingerprint density at radius 1 is 1.16 bits per heavy atom. The van der Waals surface area contributed by atoms with Crippen molar-refractivity contribution in [3.05, 3.63) is 35.6 Å². The summed E-state index contributed by atoms with van der Waals surface area (Å²) in [5, 5.41) is 6.46. The van der Waals surface area contributed by atoms with Gasteiger partial charge in [0, 0.05) is 19.6 Å². The summed E-state index contributed by atoms with van der Waals surface area (Å²) >= 11 is 0. The van der Waals surface area contributed by atoms with E-state index in [9.17, 15) is 4.39 Å². The second kappa shape index (κ2) is 11.0. The van der Waals surface area contributed by atoms with Crippen LogP contribution in [0, 0.1) is 5.82 Å². The highest BCUT2D eigenvalue weighted by atomic mass is 127. The first-order chi connectivity index (χ1) is 8.76. The Kier molecular flexibility index (Phi) is 10.5. The molecule has 0 amide bonds. The Balaban J connectivity index is 0.00000324. The maximum absolute atomic E-state index is 12.7. The number of nitrogens with one attached hydrogen (secondary N) is 2. The Bertz CT molecular complexity index is 365. The van der Waals surface area contributed by atoms with Crippen LogP contribution in [0.3, 0.4) is 0 Å². The van der Waals surface area contributed by atoms with E-state index in [4.69, 9.17) is 0 Å². The first-order valence-electron chi connectivity index (χ1n) is 6.53. The van der Waals surface area contributed by atoms with Gasteiger partial charge in [0.2, 0.25) is 0 Å². The predicted octanol–water partition coefficient (Wildman–Crippen LogP) is 2.95. The van der Waals surface area contributed by atoms with E-state index in [1.165, 1.54) is 12.1 Å². The molecule has 1 aromatic rings. The molecule has 19 heavy (non-hydrogen) atoms. The Morgan fingerprint density at radius 2 is 1.84 bits per heavy atom. The molecule has 0 aliphatic carbocycles. The van der Waals surface area contributed by atoms with E-state index in [0.29, 0.717) is 0 Å². The van der Waals surface area contributed by atoms with Gasteiger partial charge in [-0.1, -0.05) is 19.1 Å². The molecule has 0 heterocycles. The maximum atomic E-state index is 12.7. The van der Waals surface area contributed by atoms with E-state index in [2.05, 4.69) is 22.5 Å². The van der Waals surface area contributed by atoms with Gasteiger partial charge in [0.1, 0.15) is 5.82 Å². The molecule has 1 rings (SSSR count). The zero-order valence-corrected chi connectivity index (χ0v) is 13.9. The highest BCUT2D eigenvalue weighted by molar-refractivity contribution is 14.0. The zero-order chi connectivity index (χ0) is 13.2. The number of hydrogen-bond donors (Lipinski definition) is 2. The van der Waals surface area contributed by atoms with E-state index in [-0.39, 0.29) is 29.8 Å². The van der Waals surface area contributed by atoms with Crippen LogP contribution in [0.1, 0.15) is 25.8 Å². The fourth-order valence-corrected chi connectivity index (χ4v) is 1.54. The molecule has 0 aliphatic heterocycles. The van der Waals surface area contributed by atoms with Gasteiger partial charge in [0.25, 0.3) is 0 Å². The van der Waals surface area contributed by atoms with Gasteiger partial charge in [-0.2, -0.15) is 0 Å². The van der Waals surface area contributed by atoms with Crippen LogP contribution < -0.4 is 10.6 Å². The molecule has 2 N–H and O–H groups in total. The number of nitrogens with zero attached hydrogens (tertiary/aromatic N) is 1. The van der Waals surface area contributed by atoms with Crippen LogP contribution in [-0.4, -0.2) is 25.6 Å². The predicted molar refractivity (Wildman–Crippen MR) is 89.8 cm³/mol. The van der Waals surface area contributed by atoms with Crippen molar-refractivity contribution in [1.82, 2.24) is 10.6 Å². The lowest BCUT2D eigenvalue weighted by atomic mass is 10.1. The summed E-state index contributed by atoms with van der Waals surface area (Å²) in [6.07, 6.45) is 1.89. The Hall–Kier alpha value is -0.850. The lowest BCUT2D eigenvalue weighted by molar-refractivity contribution is 0.626. The molecule has 0 atom stereocenters. The van der Waals surface area contributed by atoms with Crippen molar-refractivity contribution in [1.29, 1.82) is 0 Å². The molecule has 0 bridgehead atoms. The van der Waals surface area contributed by atoms with E-state index in [1.807, 2.05) is 19.1 Å². The SMILES string of the molecule is CCCN=C(NCC)NCCc1ccc(F)cc1.I. The molecule has 108 valence electrons. The smallest absolute Gasteiger partial charge is 0.191 e. The highest BCUT2D eigenvalue weighted by Crippen LogP contribution is 2.02. The maximum Gasteiger partial charge on any atom is 0.191 e. The topological polar surface area (TPSA) is 36.4 Å². The summed E-state index contributed by atoms with van der Waals surface area (Å²) in [4.78, 5) is 4.41. The minimum Gasteiger partial charge on any atom is -0.357 e. The summed E-state index contributed by atoms with van der Waals surface area (Å²) in [7, 11) is 0. The van der Waals surface area contributed by atoms with Crippen molar-refractivity contribution in [3.8, 4) is 0 Å². The highest BCUT2D eigenvalue weighted by Gasteiger charge is 1.97. The molecule has 3 nitrogen and oxygen atoms in total. The van der Waals surface area contributed by atoms with Gasteiger partial charge >= 0.3 is 0 Å². The van der Waals surface area contributed by atoms with Gasteiger partial charge in [-0.05, 0) is 37.5 Å². The number of halogens is 2. The molecule has 0 unspecified atom stereocenters. The number of hydrogen-bond acceptors (Lipinski definition) is 1. The average Bonchev–Trinajstić information content (AvgIpc) is 2.38. The molecule has 0 aromatic heterocycles. The van der Waals surface area contributed by atoms with Gasteiger partial charge in [-0.3, -0.25) is 4.99 Å². The van der Waals surface area contributed by atoms with Crippen LogP contribution in [0.15, 0.2) is 29.3 Å². The summed E-state index contributed by atoms with van der Waals surface area (Å²) in [6.45, 7) is 6.62. The average molecular weight is 379 g/mol. The van der Waals surface area contributed by atoms with Crippen molar-refractivity contribution in [2.75, 3.05) is 19.6 Å². The molecular formula is C14H23FIN3. The third-order valence-electron chi connectivity index (χ3n) is 2.46. The standard InChI is InChI=1S/C14H22FN3.HI/c1-3-10-17-14(16-4-2)18-11-9-12-5-7-13(15)8-6-12;/h5-8H,3-4,9-11H2,1-2H3,(H2,16,17,18);1H. The third kappa shape index (κ3) is 8.02. The van der Waals surface area contributed by atoms with Crippen molar-refractivity contribution >= 4 is 29.9 Å². The molecule has 5 heteroatoms. The van der Waals surface area contributed by atoms with Gasteiger partial charge in [0.05, 0.1) is 0 Å². The first-order valence-corrected chi connectivity index (χ1v) is 6.53. The normalized spacial score (nSPS) is 10.8. The lowest BCUT2D eigenvalue weighted by Gasteiger charge is -2.11. The Labute approximate surface area is 132 Å². The van der Waals surface area contributed by atoms with Gasteiger partial charge in [0.15, 0.2) is 5.96 Å². The number of benzene rings is 1. The number of rotatable bonds is 6. The second-order valence-corrected chi connectivity index (χ2v) is 4.06. The summed E-state index contributed by atoms with van der Waals surface area (Å²) in [5.41, 5.74) is 1.12. The number of aliphatic imine (C=N–C) groups is 1. The quantitative estimate of drug-likeness (QED) is 0.453. The molecule has 0 radical (unpaired) electrons. The van der Waals surface area contributed by atoms with E-state index in [1.54, 1.807) is 0 Å². The molecule has 0 spiro atoms. The molecule has 0 aliphatic rings. The first kappa shape index (κ1) is 18.1. The minimum absolute atomic E-state index is 0. The monoisotopic (exact) mass is 379 g/mol. The minimum atomic E-state index is -0.190. The molecule has 1 aromatic carbocycles. The van der Waals surface area contributed by atoms with Crippen LogP contribution in [-0.2, 0) is 6.42 Å². The van der Waals surface area contributed by atoms with Gasteiger partial charge < -0.3 is 10.6 Å². The molecular weight excluding hydrogens is 356 g/mol. The van der Waals surface area contributed by atoms with Crippen LogP contribution in [0.25, 0.3) is 0 Å². The van der Waals surface area contributed by atoms with E-state index < -0.39 is 0 Å². The molecule has 0 saturated heterocycles. The molecule has 0 fully saturated rings. The van der Waals surface area contributed by atoms with Crippen molar-refractivity contribution < 1.29 is 4.39 Å². The van der Waals surface area contributed by atoms with Crippen molar-refractivity contribution in [2.24, 2.45) is 4.99 Å². The largest absolute Gasteiger partial charge is 0.357 e. The van der Waals surface area contributed by atoms with Crippen LogP contribution in [0.2, 0.25) is 0 Å². The summed E-state index contributed by atoms with van der Waals surface area (Å²) < 4.78 is 12.7. The van der Waals surface area contributed by atoms with Crippen LogP contribution >= 0.6 is 24.0 Å². The Morgan fingerprint density at radius 3 is 2.42 bits per heavy atom. The fraction of sp³-hybridized carbons (Fsp3) is 0.500. The van der Waals surface area contributed by atoms with Crippen LogP contribution in [0.4, 0.5) is 4.39 Å². The van der Waals surface area contributed by atoms with Gasteiger partial charge in [-0.25, -0.2) is 4.39 Å². The van der Waals surface area contributed by atoms with Crippen LogP contribution in [0.5, 0.6) is 0 Å². The van der Waals surface area contributed by atoms with Crippen molar-refractivity contribution in [3.63, 3.8) is 0 Å². The summed E-state index contributed by atoms with van der Waals surface area (Å²) in [6, 6.07) is 6.61. The third-order valence-corrected chi connectivity index (χ3v) is 2.46.